The van der Waals surface area contributed by atoms with Gasteiger partial charge in [0.2, 0.25) is 0 Å². The van der Waals surface area contributed by atoms with E-state index in [0.29, 0.717) is 12.8 Å². The fourth-order valence-electron chi connectivity index (χ4n) is 9.13. The lowest BCUT2D eigenvalue weighted by atomic mass is 9.38. The van der Waals surface area contributed by atoms with E-state index in [1.54, 1.807) is 20.8 Å². The summed E-state index contributed by atoms with van der Waals surface area (Å²) in [6, 6.07) is 0. The van der Waals surface area contributed by atoms with Crippen LogP contribution in [0.2, 0.25) is 0 Å². The Kier molecular flexibility index (Phi) is 7.10. The van der Waals surface area contributed by atoms with Crippen molar-refractivity contribution in [3.63, 3.8) is 0 Å². The smallest absolute Gasteiger partial charge is 0.125 e. The van der Waals surface area contributed by atoms with Gasteiger partial charge >= 0.3 is 0 Å². The van der Waals surface area contributed by atoms with Crippen LogP contribution in [-0.4, -0.2) is 99.4 Å². The van der Waals surface area contributed by atoms with Gasteiger partial charge in [0.25, 0.3) is 0 Å². The van der Waals surface area contributed by atoms with Crippen molar-refractivity contribution in [2.24, 2.45) is 34.5 Å². The molecule has 4 fully saturated rings. The van der Waals surface area contributed by atoms with Gasteiger partial charge in [0.05, 0.1) is 30.5 Å². The third-order valence-corrected chi connectivity index (χ3v) is 11.9. The SMILES string of the molecule is C[C@H](/C=C/[C@@H](C)[C@@](C)(O)CO)C1C[C@H](O)[C@]2(O)[C@]1(C)CCC1[C@@]3(C)CC[C@H](O)[C@H](O)[C@]3(O)[C@@H](O)C[C@]12O. The molecule has 0 spiro atoms. The molecular weight excluding hydrogens is 480 g/mol. The van der Waals surface area contributed by atoms with Gasteiger partial charge < -0.3 is 46.0 Å². The minimum atomic E-state index is -2.07. The first kappa shape index (κ1) is 29.4. The summed E-state index contributed by atoms with van der Waals surface area (Å²) in [4.78, 5) is 0. The van der Waals surface area contributed by atoms with Gasteiger partial charge in [-0.15, -0.1) is 0 Å². The van der Waals surface area contributed by atoms with Crippen LogP contribution < -0.4 is 0 Å². The van der Waals surface area contributed by atoms with E-state index in [0.717, 1.165) is 0 Å². The van der Waals surface area contributed by atoms with Crippen molar-refractivity contribution in [3.8, 4) is 0 Å². The molecule has 0 aromatic heterocycles. The van der Waals surface area contributed by atoms with Gasteiger partial charge in [-0.2, -0.15) is 0 Å². The highest BCUT2D eigenvalue weighted by Gasteiger charge is 2.81. The molecule has 0 radical (unpaired) electrons. The molecule has 0 aliphatic heterocycles. The molecule has 2 unspecified atom stereocenters. The first-order valence-electron chi connectivity index (χ1n) is 13.8. The summed E-state index contributed by atoms with van der Waals surface area (Å²) in [7, 11) is 0. The Morgan fingerprint density at radius 1 is 0.919 bits per heavy atom. The van der Waals surface area contributed by atoms with Gasteiger partial charge in [-0.3, -0.25) is 0 Å². The maximum Gasteiger partial charge on any atom is 0.125 e. The maximum absolute atomic E-state index is 12.4. The lowest BCUT2D eigenvalue weighted by molar-refractivity contribution is -0.372. The Morgan fingerprint density at radius 2 is 1.51 bits per heavy atom. The van der Waals surface area contributed by atoms with Gasteiger partial charge in [-0.25, -0.2) is 0 Å². The van der Waals surface area contributed by atoms with Crippen LogP contribution in [0, 0.1) is 34.5 Å². The summed E-state index contributed by atoms with van der Waals surface area (Å²) in [5, 5.41) is 99.9. The van der Waals surface area contributed by atoms with E-state index in [4.69, 9.17) is 0 Å². The zero-order valence-corrected chi connectivity index (χ0v) is 22.7. The zero-order chi connectivity index (χ0) is 28.0. The van der Waals surface area contributed by atoms with Crippen molar-refractivity contribution in [3.05, 3.63) is 12.2 Å². The standard InChI is InChI=1S/C28H48O9/c1-15(6-7-16(2)25(5,34)14-29)17-12-20(31)28(37)23(17,3)11-9-19-24(4)10-8-18(30)22(33)27(24,36)21(32)13-26(19,28)35/h6-7,15-22,29-37H,8-14H2,1-5H3/b7-6+/t15-,16-,17?,18+,19?,20+,21+,22+,23-,24-,25+,26+,27-,28+/m1/s1. The largest absolute Gasteiger partial charge is 0.393 e. The molecule has 0 aromatic rings. The predicted octanol–water partition coefficient (Wildman–Crippen LogP) is -0.165. The quantitative estimate of drug-likeness (QED) is 0.219. The first-order chi connectivity index (χ1) is 16.9. The predicted molar refractivity (Wildman–Crippen MR) is 135 cm³/mol. The first-order valence-corrected chi connectivity index (χ1v) is 13.8. The molecule has 9 heteroatoms. The second kappa shape index (κ2) is 8.94. The van der Waals surface area contributed by atoms with Gasteiger partial charge in [-0.05, 0) is 56.8 Å². The van der Waals surface area contributed by atoms with Crippen molar-refractivity contribution in [2.45, 2.75) is 120 Å². The normalized spacial score (nSPS) is 55.2. The fraction of sp³-hybridized carbons (Fsp3) is 0.929. The molecule has 9 N–H and O–H groups in total. The molecule has 0 amide bonds. The Hall–Kier alpha value is -0.620. The Bertz CT molecular complexity index is 910. The van der Waals surface area contributed by atoms with E-state index >= 15 is 0 Å². The number of hydrogen-bond acceptors (Lipinski definition) is 9. The van der Waals surface area contributed by atoms with Gasteiger partial charge in [0, 0.05) is 23.2 Å². The number of allylic oxidation sites excluding steroid dienone is 1. The number of hydrogen-bond donors (Lipinski definition) is 9. The lowest BCUT2D eigenvalue weighted by Gasteiger charge is -2.71. The topological polar surface area (TPSA) is 182 Å². The molecule has 0 heterocycles. The van der Waals surface area contributed by atoms with Crippen molar-refractivity contribution in [2.75, 3.05) is 6.61 Å². The molecule has 0 saturated heterocycles. The number of aliphatic hydroxyl groups excluding tert-OH is 5. The van der Waals surface area contributed by atoms with Crippen LogP contribution in [0.3, 0.4) is 0 Å². The summed E-state index contributed by atoms with van der Waals surface area (Å²) in [6.07, 6.45) is -0.927. The molecular formula is C28H48O9. The van der Waals surface area contributed by atoms with Crippen molar-refractivity contribution >= 4 is 0 Å². The molecule has 214 valence electrons. The molecule has 9 nitrogen and oxygen atoms in total. The number of rotatable bonds is 5. The van der Waals surface area contributed by atoms with E-state index in [9.17, 15) is 46.0 Å². The third kappa shape index (κ3) is 3.55. The summed E-state index contributed by atoms with van der Waals surface area (Å²) < 4.78 is 0. The summed E-state index contributed by atoms with van der Waals surface area (Å²) >= 11 is 0. The van der Waals surface area contributed by atoms with Crippen LogP contribution >= 0.6 is 0 Å². The second-order valence-corrected chi connectivity index (χ2v) is 13.6. The highest BCUT2D eigenvalue weighted by atomic mass is 16.4. The van der Waals surface area contributed by atoms with E-state index in [1.807, 2.05) is 26.0 Å². The highest BCUT2D eigenvalue weighted by molar-refractivity contribution is 5.31. The molecule has 4 saturated carbocycles. The minimum absolute atomic E-state index is 0.140. The molecule has 14 atom stereocenters. The zero-order valence-electron chi connectivity index (χ0n) is 22.7. The van der Waals surface area contributed by atoms with Crippen LogP contribution in [0.15, 0.2) is 12.2 Å². The number of aliphatic hydroxyl groups is 9. The van der Waals surface area contributed by atoms with Crippen molar-refractivity contribution in [1.82, 2.24) is 0 Å². The molecule has 0 bridgehead atoms. The average Bonchev–Trinajstić information content (AvgIpc) is 3.05. The number of fused-ring (bicyclic) bond motifs is 5. The molecule has 37 heavy (non-hydrogen) atoms. The van der Waals surface area contributed by atoms with Gasteiger partial charge in [0.1, 0.15) is 22.9 Å². The van der Waals surface area contributed by atoms with Crippen LogP contribution in [0.1, 0.15) is 73.1 Å². The van der Waals surface area contributed by atoms with Crippen LogP contribution in [0.4, 0.5) is 0 Å². The van der Waals surface area contributed by atoms with Gasteiger partial charge in [-0.1, -0.05) is 39.8 Å². The highest BCUT2D eigenvalue weighted by Crippen LogP contribution is 2.72. The summed E-state index contributed by atoms with van der Waals surface area (Å²) in [6.45, 7) is 8.51. The Morgan fingerprint density at radius 3 is 2.11 bits per heavy atom. The average molecular weight is 529 g/mol. The van der Waals surface area contributed by atoms with E-state index < -0.39 is 70.0 Å². The minimum Gasteiger partial charge on any atom is -0.393 e. The summed E-state index contributed by atoms with van der Waals surface area (Å²) in [5.74, 6) is -1.44. The van der Waals surface area contributed by atoms with Crippen LogP contribution in [0.5, 0.6) is 0 Å². The maximum atomic E-state index is 12.4. The monoisotopic (exact) mass is 528 g/mol. The Labute approximate surface area is 219 Å². The van der Waals surface area contributed by atoms with Gasteiger partial charge in [0.15, 0.2) is 0 Å². The van der Waals surface area contributed by atoms with Crippen molar-refractivity contribution in [1.29, 1.82) is 0 Å². The lowest BCUT2D eigenvalue weighted by Crippen LogP contribution is -2.83. The summed E-state index contributed by atoms with van der Waals surface area (Å²) in [5.41, 5.74) is -9.40. The van der Waals surface area contributed by atoms with Crippen LogP contribution in [-0.2, 0) is 0 Å². The third-order valence-electron chi connectivity index (χ3n) is 11.9. The molecule has 0 aromatic carbocycles. The Balaban J connectivity index is 1.71. The van der Waals surface area contributed by atoms with E-state index in [-0.39, 0.29) is 43.6 Å². The van der Waals surface area contributed by atoms with Crippen molar-refractivity contribution < 1.29 is 46.0 Å². The fourth-order valence-corrected chi connectivity index (χ4v) is 9.13. The van der Waals surface area contributed by atoms with Crippen LogP contribution in [0.25, 0.3) is 0 Å². The molecule has 4 aliphatic carbocycles. The van der Waals surface area contributed by atoms with E-state index in [1.165, 1.54) is 0 Å². The molecule has 4 rings (SSSR count). The molecule has 4 aliphatic rings. The van der Waals surface area contributed by atoms with E-state index in [2.05, 4.69) is 0 Å². The second-order valence-electron chi connectivity index (χ2n) is 13.6.